The summed E-state index contributed by atoms with van der Waals surface area (Å²) in [6.07, 6.45) is 4.68. The lowest BCUT2D eigenvalue weighted by atomic mass is 10.0. The van der Waals surface area contributed by atoms with Gasteiger partial charge in [0.2, 0.25) is 0 Å². The molecule has 0 aliphatic heterocycles. The molecule has 0 bridgehead atoms. The van der Waals surface area contributed by atoms with Gasteiger partial charge in [0.25, 0.3) is 0 Å². The van der Waals surface area contributed by atoms with Crippen molar-refractivity contribution in [3.05, 3.63) is 60.2 Å². The maximum absolute atomic E-state index is 6.24. The molecule has 0 aromatic heterocycles. The number of hydrogen-bond acceptors (Lipinski definition) is 2. The Bertz CT molecular complexity index is 516. The number of unbranched alkanes of at least 4 members (excludes halogenated alkanes) is 2. The minimum absolute atomic E-state index is 0. The van der Waals surface area contributed by atoms with Gasteiger partial charge in [-0.2, -0.15) is 0 Å². The predicted octanol–water partition coefficient (Wildman–Crippen LogP) is 5.48. The minimum Gasteiger partial charge on any atom is -0.457 e. The molecule has 2 N–H and O–H groups in total. The van der Waals surface area contributed by atoms with Gasteiger partial charge in [0.1, 0.15) is 11.5 Å². The SMILES string of the molecule is CCCCC[C@H](N)c1cccc(Oc2ccccc2)c1.Cl. The molecule has 0 fully saturated rings. The number of halogens is 1. The Morgan fingerprint density at radius 3 is 2.38 bits per heavy atom. The lowest BCUT2D eigenvalue weighted by molar-refractivity contribution is 0.480. The van der Waals surface area contributed by atoms with Gasteiger partial charge < -0.3 is 10.5 Å². The van der Waals surface area contributed by atoms with Crippen molar-refractivity contribution in [2.45, 2.75) is 38.6 Å². The molecule has 0 amide bonds. The Hall–Kier alpha value is -1.51. The van der Waals surface area contributed by atoms with Crippen molar-refractivity contribution >= 4 is 12.4 Å². The third-order valence-corrected chi connectivity index (χ3v) is 3.38. The van der Waals surface area contributed by atoms with Crippen LogP contribution in [-0.2, 0) is 0 Å². The summed E-state index contributed by atoms with van der Waals surface area (Å²) in [6.45, 7) is 2.21. The highest BCUT2D eigenvalue weighted by molar-refractivity contribution is 5.85. The van der Waals surface area contributed by atoms with Gasteiger partial charge in [-0.1, -0.05) is 56.5 Å². The van der Waals surface area contributed by atoms with Crippen LogP contribution in [0, 0.1) is 0 Å². The van der Waals surface area contributed by atoms with E-state index >= 15 is 0 Å². The van der Waals surface area contributed by atoms with Crippen molar-refractivity contribution in [3.8, 4) is 11.5 Å². The zero-order valence-electron chi connectivity index (χ0n) is 12.5. The molecule has 0 heterocycles. The van der Waals surface area contributed by atoms with Crippen LogP contribution < -0.4 is 10.5 Å². The van der Waals surface area contributed by atoms with Crippen LogP contribution in [0.3, 0.4) is 0 Å². The molecular formula is C18H24ClNO. The molecule has 2 nitrogen and oxygen atoms in total. The van der Waals surface area contributed by atoms with E-state index < -0.39 is 0 Å². The minimum atomic E-state index is 0. The highest BCUT2D eigenvalue weighted by Gasteiger charge is 2.07. The molecular weight excluding hydrogens is 282 g/mol. The summed E-state index contributed by atoms with van der Waals surface area (Å²) in [6, 6.07) is 18.0. The van der Waals surface area contributed by atoms with Crippen LogP contribution in [0.2, 0.25) is 0 Å². The Balaban J connectivity index is 0.00000220. The molecule has 0 spiro atoms. The van der Waals surface area contributed by atoms with Crippen LogP contribution in [0.25, 0.3) is 0 Å². The second-order valence-corrected chi connectivity index (χ2v) is 5.09. The fourth-order valence-corrected chi connectivity index (χ4v) is 2.21. The van der Waals surface area contributed by atoms with Gasteiger partial charge in [-0.3, -0.25) is 0 Å². The van der Waals surface area contributed by atoms with Crippen molar-refractivity contribution in [2.75, 3.05) is 0 Å². The molecule has 3 heteroatoms. The Morgan fingerprint density at radius 1 is 0.952 bits per heavy atom. The second kappa shape index (κ2) is 9.43. The monoisotopic (exact) mass is 305 g/mol. The van der Waals surface area contributed by atoms with Gasteiger partial charge in [0, 0.05) is 6.04 Å². The standard InChI is InChI=1S/C18H23NO.ClH/c1-2-3-5-13-18(19)15-9-8-12-17(14-15)20-16-10-6-4-7-11-16;/h4,6-12,14,18H,2-3,5,13,19H2,1H3;1H/t18-;/m0./s1. The van der Waals surface area contributed by atoms with Crippen LogP contribution in [0.15, 0.2) is 54.6 Å². The van der Waals surface area contributed by atoms with E-state index in [-0.39, 0.29) is 18.4 Å². The van der Waals surface area contributed by atoms with Crippen LogP contribution in [0.4, 0.5) is 0 Å². The van der Waals surface area contributed by atoms with Crippen LogP contribution >= 0.6 is 12.4 Å². The Labute approximate surface area is 133 Å². The number of rotatable bonds is 7. The van der Waals surface area contributed by atoms with Crippen molar-refractivity contribution in [1.29, 1.82) is 0 Å². The molecule has 2 aromatic rings. The molecule has 2 rings (SSSR count). The van der Waals surface area contributed by atoms with Gasteiger partial charge in [0.05, 0.1) is 0 Å². The maximum Gasteiger partial charge on any atom is 0.127 e. The molecule has 2 aromatic carbocycles. The van der Waals surface area contributed by atoms with E-state index in [9.17, 15) is 0 Å². The predicted molar refractivity (Wildman–Crippen MR) is 91.3 cm³/mol. The third kappa shape index (κ3) is 5.78. The summed E-state index contributed by atoms with van der Waals surface area (Å²) in [5.74, 6) is 1.70. The molecule has 0 aliphatic carbocycles. The zero-order chi connectivity index (χ0) is 14.2. The average molecular weight is 306 g/mol. The summed E-state index contributed by atoms with van der Waals surface area (Å²) in [7, 11) is 0. The molecule has 114 valence electrons. The molecule has 0 saturated heterocycles. The molecule has 0 aliphatic rings. The number of nitrogens with two attached hydrogens (primary N) is 1. The van der Waals surface area contributed by atoms with Crippen LogP contribution in [-0.4, -0.2) is 0 Å². The van der Waals surface area contributed by atoms with Crippen molar-refractivity contribution < 1.29 is 4.74 Å². The van der Waals surface area contributed by atoms with Crippen molar-refractivity contribution in [3.63, 3.8) is 0 Å². The van der Waals surface area contributed by atoms with E-state index in [1.165, 1.54) is 19.3 Å². The largest absolute Gasteiger partial charge is 0.457 e. The van der Waals surface area contributed by atoms with Gasteiger partial charge >= 0.3 is 0 Å². The first-order chi connectivity index (χ1) is 9.79. The van der Waals surface area contributed by atoms with Crippen molar-refractivity contribution in [1.82, 2.24) is 0 Å². The number of hydrogen-bond donors (Lipinski definition) is 1. The molecule has 0 unspecified atom stereocenters. The first-order valence-electron chi connectivity index (χ1n) is 7.38. The molecule has 0 saturated carbocycles. The van der Waals surface area contributed by atoms with Gasteiger partial charge in [-0.05, 0) is 36.2 Å². The van der Waals surface area contributed by atoms with Crippen molar-refractivity contribution in [2.24, 2.45) is 5.73 Å². The number of para-hydroxylation sites is 1. The number of benzene rings is 2. The number of ether oxygens (including phenoxy) is 1. The lowest BCUT2D eigenvalue weighted by Gasteiger charge is -2.13. The summed E-state index contributed by atoms with van der Waals surface area (Å²) < 4.78 is 5.84. The van der Waals surface area contributed by atoms with E-state index in [0.717, 1.165) is 23.5 Å². The van der Waals surface area contributed by atoms with Gasteiger partial charge in [0.15, 0.2) is 0 Å². The fraction of sp³-hybridized carbons (Fsp3) is 0.333. The highest BCUT2D eigenvalue weighted by Crippen LogP contribution is 2.25. The first-order valence-corrected chi connectivity index (χ1v) is 7.38. The van der Waals surface area contributed by atoms with E-state index in [2.05, 4.69) is 13.0 Å². The van der Waals surface area contributed by atoms with E-state index in [4.69, 9.17) is 10.5 Å². The quantitative estimate of drug-likeness (QED) is 0.687. The maximum atomic E-state index is 6.24. The smallest absolute Gasteiger partial charge is 0.127 e. The molecule has 1 atom stereocenters. The Kier molecular flexibility index (Phi) is 7.88. The lowest BCUT2D eigenvalue weighted by Crippen LogP contribution is -2.10. The van der Waals surface area contributed by atoms with E-state index in [1.54, 1.807) is 0 Å². The van der Waals surface area contributed by atoms with Crippen LogP contribution in [0.5, 0.6) is 11.5 Å². The summed E-state index contributed by atoms with van der Waals surface area (Å²) >= 11 is 0. The first kappa shape index (κ1) is 17.5. The zero-order valence-corrected chi connectivity index (χ0v) is 13.3. The topological polar surface area (TPSA) is 35.2 Å². The Morgan fingerprint density at radius 2 is 1.67 bits per heavy atom. The molecule has 0 radical (unpaired) electrons. The second-order valence-electron chi connectivity index (χ2n) is 5.09. The summed E-state index contributed by atoms with van der Waals surface area (Å²) in [5.41, 5.74) is 7.39. The summed E-state index contributed by atoms with van der Waals surface area (Å²) in [5, 5.41) is 0. The van der Waals surface area contributed by atoms with E-state index in [1.807, 2.05) is 48.5 Å². The highest BCUT2D eigenvalue weighted by atomic mass is 35.5. The average Bonchev–Trinajstić information content (AvgIpc) is 2.49. The fourth-order valence-electron chi connectivity index (χ4n) is 2.21. The third-order valence-electron chi connectivity index (χ3n) is 3.38. The summed E-state index contributed by atoms with van der Waals surface area (Å²) in [4.78, 5) is 0. The van der Waals surface area contributed by atoms with Gasteiger partial charge in [-0.25, -0.2) is 0 Å². The van der Waals surface area contributed by atoms with E-state index in [0.29, 0.717) is 0 Å². The molecule has 21 heavy (non-hydrogen) atoms. The van der Waals surface area contributed by atoms with Crippen LogP contribution in [0.1, 0.15) is 44.2 Å². The van der Waals surface area contributed by atoms with Gasteiger partial charge in [-0.15, -0.1) is 12.4 Å². The normalized spacial score (nSPS) is 11.5.